The van der Waals surface area contributed by atoms with E-state index in [1.807, 2.05) is 19.1 Å². The van der Waals surface area contributed by atoms with E-state index in [0.29, 0.717) is 5.41 Å². The van der Waals surface area contributed by atoms with Gasteiger partial charge in [-0.05, 0) is 37.0 Å². The van der Waals surface area contributed by atoms with Gasteiger partial charge in [0.25, 0.3) is 0 Å². The molecule has 1 aliphatic carbocycles. The summed E-state index contributed by atoms with van der Waals surface area (Å²) in [5, 5.41) is 2.05. The largest absolute Gasteiger partial charge is 0.329 e. The molecule has 3 nitrogen and oxygen atoms in total. The van der Waals surface area contributed by atoms with Gasteiger partial charge in [-0.1, -0.05) is 20.8 Å². The zero-order valence-corrected chi connectivity index (χ0v) is 11.6. The summed E-state index contributed by atoms with van der Waals surface area (Å²) in [6.45, 7) is 7.80. The molecular formula is C13H29N3. The van der Waals surface area contributed by atoms with Gasteiger partial charge in [0.05, 0.1) is 0 Å². The highest BCUT2D eigenvalue weighted by atomic mass is 15.5. The van der Waals surface area contributed by atoms with Gasteiger partial charge < -0.3 is 5.73 Å². The minimum Gasteiger partial charge on any atom is -0.329 e. The maximum atomic E-state index is 5.95. The zero-order valence-electron chi connectivity index (χ0n) is 11.6. The van der Waals surface area contributed by atoms with E-state index in [9.17, 15) is 0 Å². The number of nitrogens with zero attached hydrogens (tertiary/aromatic N) is 1. The summed E-state index contributed by atoms with van der Waals surface area (Å²) in [6, 6.07) is 0. The Hall–Kier alpha value is -0.120. The Balaban J connectivity index is 2.57. The van der Waals surface area contributed by atoms with Crippen LogP contribution in [0.15, 0.2) is 0 Å². The second-order valence-electron chi connectivity index (χ2n) is 6.63. The summed E-state index contributed by atoms with van der Waals surface area (Å²) >= 11 is 0. The van der Waals surface area contributed by atoms with E-state index >= 15 is 0 Å². The lowest BCUT2D eigenvalue weighted by molar-refractivity contribution is 0.0710. The Morgan fingerprint density at radius 2 is 1.75 bits per heavy atom. The number of rotatable bonds is 3. The summed E-state index contributed by atoms with van der Waals surface area (Å²) < 4.78 is 0. The van der Waals surface area contributed by atoms with Gasteiger partial charge in [-0.15, -0.1) is 0 Å². The SMILES string of the molecule is CN(C)NC1(CN)CCC(C(C)(C)C)CC1. The first-order chi connectivity index (χ1) is 7.29. The first-order valence-corrected chi connectivity index (χ1v) is 6.44. The van der Waals surface area contributed by atoms with Crippen LogP contribution in [0.2, 0.25) is 0 Å². The van der Waals surface area contributed by atoms with Crippen molar-refractivity contribution in [2.75, 3.05) is 20.6 Å². The fourth-order valence-corrected chi connectivity index (χ4v) is 2.87. The van der Waals surface area contributed by atoms with Crippen LogP contribution in [-0.2, 0) is 0 Å². The first kappa shape index (κ1) is 13.9. The second kappa shape index (κ2) is 5.03. The molecule has 0 spiro atoms. The average molecular weight is 227 g/mol. The highest BCUT2D eigenvalue weighted by Crippen LogP contribution is 2.41. The van der Waals surface area contributed by atoms with E-state index in [1.165, 1.54) is 25.7 Å². The molecule has 0 atom stereocenters. The van der Waals surface area contributed by atoms with Gasteiger partial charge in [0.1, 0.15) is 0 Å². The second-order valence-corrected chi connectivity index (χ2v) is 6.63. The van der Waals surface area contributed by atoms with E-state index in [0.717, 1.165) is 12.5 Å². The third-order valence-corrected chi connectivity index (χ3v) is 4.02. The van der Waals surface area contributed by atoms with Crippen molar-refractivity contribution in [3.63, 3.8) is 0 Å². The van der Waals surface area contributed by atoms with Gasteiger partial charge in [0.15, 0.2) is 0 Å². The predicted molar refractivity (Wildman–Crippen MR) is 70.0 cm³/mol. The molecule has 0 unspecified atom stereocenters. The van der Waals surface area contributed by atoms with Crippen LogP contribution in [0.4, 0.5) is 0 Å². The van der Waals surface area contributed by atoms with E-state index in [1.54, 1.807) is 0 Å². The Morgan fingerprint density at radius 1 is 1.25 bits per heavy atom. The third-order valence-electron chi connectivity index (χ3n) is 4.02. The number of nitrogens with one attached hydrogen (secondary N) is 1. The number of hydrazine groups is 1. The van der Waals surface area contributed by atoms with Crippen LogP contribution < -0.4 is 11.2 Å². The topological polar surface area (TPSA) is 41.3 Å². The Morgan fingerprint density at radius 3 is 2.06 bits per heavy atom. The highest BCUT2D eigenvalue weighted by molar-refractivity contribution is 4.94. The van der Waals surface area contributed by atoms with Gasteiger partial charge in [0.2, 0.25) is 0 Å². The van der Waals surface area contributed by atoms with Crippen LogP contribution in [0.3, 0.4) is 0 Å². The lowest BCUT2D eigenvalue weighted by atomic mass is 9.67. The van der Waals surface area contributed by atoms with Crippen molar-refractivity contribution < 1.29 is 0 Å². The lowest BCUT2D eigenvalue weighted by Crippen LogP contribution is -2.58. The predicted octanol–water partition coefficient (Wildman–Crippen LogP) is 1.99. The van der Waals surface area contributed by atoms with Gasteiger partial charge in [-0.25, -0.2) is 5.43 Å². The monoisotopic (exact) mass is 227 g/mol. The van der Waals surface area contributed by atoms with Crippen LogP contribution in [0.5, 0.6) is 0 Å². The van der Waals surface area contributed by atoms with Crippen molar-refractivity contribution in [2.45, 2.75) is 52.0 Å². The molecule has 1 aliphatic rings. The minimum atomic E-state index is 0.144. The molecule has 0 aromatic carbocycles. The molecular weight excluding hydrogens is 198 g/mol. The molecule has 0 amide bonds. The molecule has 0 aliphatic heterocycles. The van der Waals surface area contributed by atoms with Crippen LogP contribution >= 0.6 is 0 Å². The molecule has 3 N–H and O–H groups in total. The van der Waals surface area contributed by atoms with Crippen molar-refractivity contribution in [2.24, 2.45) is 17.1 Å². The van der Waals surface area contributed by atoms with Crippen molar-refractivity contribution >= 4 is 0 Å². The molecule has 0 aromatic heterocycles. The minimum absolute atomic E-state index is 0.144. The van der Waals surface area contributed by atoms with Gasteiger partial charge in [-0.2, -0.15) is 0 Å². The van der Waals surface area contributed by atoms with E-state index < -0.39 is 0 Å². The summed E-state index contributed by atoms with van der Waals surface area (Å²) in [6.07, 6.45) is 4.98. The Labute approximate surface area is 101 Å². The smallest absolute Gasteiger partial charge is 0.0448 e. The van der Waals surface area contributed by atoms with Crippen molar-refractivity contribution in [3.8, 4) is 0 Å². The van der Waals surface area contributed by atoms with Crippen LogP contribution in [0.25, 0.3) is 0 Å². The normalized spacial score (nSPS) is 32.1. The molecule has 1 fully saturated rings. The first-order valence-electron chi connectivity index (χ1n) is 6.44. The van der Waals surface area contributed by atoms with Gasteiger partial charge >= 0.3 is 0 Å². The Kier molecular flexibility index (Phi) is 4.38. The summed E-state index contributed by atoms with van der Waals surface area (Å²) in [7, 11) is 4.10. The average Bonchev–Trinajstić information content (AvgIpc) is 2.16. The molecule has 0 saturated heterocycles. The number of hydrogen-bond donors (Lipinski definition) is 2. The van der Waals surface area contributed by atoms with Crippen molar-refractivity contribution in [1.29, 1.82) is 0 Å². The quantitative estimate of drug-likeness (QED) is 0.725. The molecule has 0 heterocycles. The fraction of sp³-hybridized carbons (Fsp3) is 1.00. The fourth-order valence-electron chi connectivity index (χ4n) is 2.87. The van der Waals surface area contributed by atoms with E-state index in [-0.39, 0.29) is 5.54 Å². The molecule has 1 saturated carbocycles. The van der Waals surface area contributed by atoms with Crippen LogP contribution in [0.1, 0.15) is 46.5 Å². The lowest BCUT2D eigenvalue weighted by Gasteiger charge is -2.45. The summed E-state index contributed by atoms with van der Waals surface area (Å²) in [5.41, 5.74) is 10.1. The summed E-state index contributed by atoms with van der Waals surface area (Å²) in [4.78, 5) is 0. The van der Waals surface area contributed by atoms with Crippen molar-refractivity contribution in [3.05, 3.63) is 0 Å². The Bertz CT molecular complexity index is 210. The molecule has 16 heavy (non-hydrogen) atoms. The molecule has 0 aromatic rings. The molecule has 96 valence electrons. The van der Waals surface area contributed by atoms with Crippen molar-refractivity contribution in [1.82, 2.24) is 10.4 Å². The molecule has 1 rings (SSSR count). The molecule has 0 bridgehead atoms. The van der Waals surface area contributed by atoms with E-state index in [4.69, 9.17) is 5.73 Å². The number of nitrogens with two attached hydrogens (primary N) is 1. The van der Waals surface area contributed by atoms with E-state index in [2.05, 4.69) is 26.2 Å². The summed E-state index contributed by atoms with van der Waals surface area (Å²) in [5.74, 6) is 0.844. The zero-order chi connectivity index (χ0) is 12.4. The molecule has 0 radical (unpaired) electrons. The number of hydrogen-bond acceptors (Lipinski definition) is 3. The van der Waals surface area contributed by atoms with Crippen LogP contribution in [0, 0.1) is 11.3 Å². The maximum absolute atomic E-state index is 5.95. The van der Waals surface area contributed by atoms with Gasteiger partial charge in [0, 0.05) is 26.2 Å². The van der Waals surface area contributed by atoms with Gasteiger partial charge in [-0.3, -0.25) is 5.01 Å². The standard InChI is InChI=1S/C13H29N3/c1-12(2,3)11-6-8-13(10-14,9-7-11)15-16(4)5/h11,15H,6-10,14H2,1-5H3. The highest BCUT2D eigenvalue weighted by Gasteiger charge is 2.38. The third kappa shape index (κ3) is 3.44. The van der Waals surface area contributed by atoms with Crippen LogP contribution in [-0.4, -0.2) is 31.2 Å². The maximum Gasteiger partial charge on any atom is 0.0448 e. The molecule has 3 heteroatoms.